The standard InChI is InChI=1S/C8H14O3/c1-4-5-7(9)8(10)11-6(2)3/h6H,4-5H2,1-3H3/i5D2. The smallest absolute Gasteiger partial charge is 0.374 e. The lowest BCUT2D eigenvalue weighted by Crippen LogP contribution is -2.20. The molecule has 0 bridgehead atoms. The van der Waals surface area contributed by atoms with Crippen molar-refractivity contribution >= 4 is 11.8 Å². The van der Waals surface area contributed by atoms with Crippen LogP contribution in [0.2, 0.25) is 0 Å². The fraction of sp³-hybridized carbons (Fsp3) is 0.750. The summed E-state index contributed by atoms with van der Waals surface area (Å²) in [5, 5.41) is 0. The maximum absolute atomic E-state index is 11.1. The highest BCUT2D eigenvalue weighted by Crippen LogP contribution is 1.95. The lowest BCUT2D eigenvalue weighted by Gasteiger charge is -2.05. The Balaban J connectivity index is 4.35. The van der Waals surface area contributed by atoms with Crippen LogP contribution in [0.15, 0.2) is 0 Å². The SMILES string of the molecule is [2H]C([2H])(CC)C(=O)C(=O)OC(C)C. The van der Waals surface area contributed by atoms with E-state index in [0.717, 1.165) is 0 Å². The molecule has 0 fully saturated rings. The molecule has 0 saturated heterocycles. The first kappa shape index (κ1) is 6.83. The zero-order chi connectivity index (χ0) is 10.6. The molecule has 0 unspecified atom stereocenters. The van der Waals surface area contributed by atoms with Crippen molar-refractivity contribution in [1.29, 1.82) is 0 Å². The van der Waals surface area contributed by atoms with Crippen LogP contribution in [0, 0.1) is 0 Å². The first-order valence-electron chi connectivity index (χ1n) is 4.56. The number of carbonyl (C=O) groups is 2. The van der Waals surface area contributed by atoms with E-state index in [1.165, 1.54) is 6.92 Å². The second-order valence-corrected chi connectivity index (χ2v) is 2.31. The van der Waals surface area contributed by atoms with Gasteiger partial charge in [0.1, 0.15) is 0 Å². The number of ketones is 1. The minimum Gasteiger partial charge on any atom is -0.457 e. The van der Waals surface area contributed by atoms with E-state index >= 15 is 0 Å². The minimum atomic E-state index is -2.11. The minimum absolute atomic E-state index is 0.0287. The molecule has 0 atom stereocenters. The maximum atomic E-state index is 11.1. The van der Waals surface area contributed by atoms with E-state index in [2.05, 4.69) is 4.74 Å². The van der Waals surface area contributed by atoms with Gasteiger partial charge >= 0.3 is 5.97 Å². The van der Waals surface area contributed by atoms with Crippen molar-refractivity contribution in [3.63, 3.8) is 0 Å². The molecule has 0 aliphatic rings. The summed E-state index contributed by atoms with van der Waals surface area (Å²) in [6.45, 7) is 4.71. The molecule has 0 aliphatic heterocycles. The molecule has 11 heavy (non-hydrogen) atoms. The van der Waals surface area contributed by atoms with E-state index in [4.69, 9.17) is 2.74 Å². The molecule has 0 spiro atoms. The predicted molar refractivity (Wildman–Crippen MR) is 41.1 cm³/mol. The summed E-state index contributed by atoms with van der Waals surface area (Å²) in [5.74, 6) is -2.20. The van der Waals surface area contributed by atoms with Crippen LogP contribution in [-0.4, -0.2) is 17.9 Å². The number of esters is 1. The van der Waals surface area contributed by atoms with Gasteiger partial charge in [-0.15, -0.1) is 0 Å². The third-order valence-electron chi connectivity index (χ3n) is 0.865. The molecule has 64 valence electrons. The molecule has 0 aromatic carbocycles. The van der Waals surface area contributed by atoms with Gasteiger partial charge in [-0.1, -0.05) is 6.92 Å². The van der Waals surface area contributed by atoms with E-state index < -0.39 is 24.2 Å². The monoisotopic (exact) mass is 160 g/mol. The molecule has 0 heterocycles. The Hall–Kier alpha value is -0.860. The molecule has 0 saturated carbocycles. The number of hydrogen-bond acceptors (Lipinski definition) is 3. The van der Waals surface area contributed by atoms with Crippen molar-refractivity contribution < 1.29 is 17.1 Å². The zero-order valence-electron chi connectivity index (χ0n) is 9.01. The van der Waals surface area contributed by atoms with Crippen LogP contribution in [0.4, 0.5) is 0 Å². The number of carbonyl (C=O) groups excluding carboxylic acids is 2. The molecule has 0 N–H and O–H groups in total. The molecular formula is C8H14O3. The van der Waals surface area contributed by atoms with Crippen LogP contribution in [0.25, 0.3) is 0 Å². The summed E-state index contributed by atoms with van der Waals surface area (Å²) in [6, 6.07) is 0. The highest BCUT2D eigenvalue weighted by atomic mass is 16.5. The highest BCUT2D eigenvalue weighted by Gasteiger charge is 2.14. The van der Waals surface area contributed by atoms with Gasteiger partial charge in [-0.2, -0.15) is 0 Å². The van der Waals surface area contributed by atoms with Crippen LogP contribution in [0.3, 0.4) is 0 Å². The number of Topliss-reactive ketones (excluding diaryl/α,β-unsaturated/α-hetero) is 1. The van der Waals surface area contributed by atoms with Gasteiger partial charge in [-0.05, 0) is 20.3 Å². The molecule has 0 radical (unpaired) electrons. The van der Waals surface area contributed by atoms with E-state index in [1.807, 2.05) is 0 Å². The zero-order valence-corrected chi connectivity index (χ0v) is 7.01. The van der Waals surface area contributed by atoms with Crippen molar-refractivity contribution in [3.8, 4) is 0 Å². The first-order valence-corrected chi connectivity index (χ1v) is 3.56. The fourth-order valence-corrected chi connectivity index (χ4v) is 0.500. The summed E-state index contributed by atoms with van der Waals surface area (Å²) in [5.41, 5.74) is 0. The molecule has 0 aromatic rings. The van der Waals surface area contributed by atoms with Crippen LogP contribution in [0.1, 0.15) is 36.3 Å². The second-order valence-electron chi connectivity index (χ2n) is 2.31. The Bertz CT molecular complexity index is 211. The van der Waals surface area contributed by atoms with Gasteiger partial charge in [0.05, 0.1) is 6.10 Å². The lowest BCUT2D eigenvalue weighted by atomic mass is 10.2. The molecule has 3 nitrogen and oxygen atoms in total. The molecule has 0 amide bonds. The first-order chi connectivity index (χ1) is 5.81. The average molecular weight is 160 g/mol. The van der Waals surface area contributed by atoms with Gasteiger partial charge in [0.25, 0.3) is 0 Å². The Morgan fingerprint density at radius 2 is 2.09 bits per heavy atom. The predicted octanol–water partition coefficient (Wildman–Crippen LogP) is 1.31. The molecule has 3 heteroatoms. The van der Waals surface area contributed by atoms with Crippen LogP contribution in [0.5, 0.6) is 0 Å². The van der Waals surface area contributed by atoms with Gasteiger partial charge in [-0.25, -0.2) is 4.79 Å². The lowest BCUT2D eigenvalue weighted by molar-refractivity contribution is -0.156. The Morgan fingerprint density at radius 3 is 2.45 bits per heavy atom. The summed E-state index contributed by atoms with van der Waals surface area (Å²) < 4.78 is 18.9. The van der Waals surface area contributed by atoms with Crippen LogP contribution < -0.4 is 0 Å². The van der Waals surface area contributed by atoms with Crippen molar-refractivity contribution in [2.24, 2.45) is 0 Å². The second kappa shape index (κ2) is 4.88. The number of hydrogen-bond donors (Lipinski definition) is 0. The van der Waals surface area contributed by atoms with E-state index in [-0.39, 0.29) is 6.42 Å². The Morgan fingerprint density at radius 1 is 1.55 bits per heavy atom. The Kier molecular flexibility index (Phi) is 3.03. The Labute approximate surface area is 69.5 Å². The summed E-state index contributed by atoms with van der Waals surface area (Å²) >= 11 is 0. The van der Waals surface area contributed by atoms with E-state index in [1.54, 1.807) is 13.8 Å². The van der Waals surface area contributed by atoms with Gasteiger partial charge < -0.3 is 4.74 Å². The van der Waals surface area contributed by atoms with Crippen molar-refractivity contribution in [1.82, 2.24) is 0 Å². The largest absolute Gasteiger partial charge is 0.457 e. The van der Waals surface area contributed by atoms with Gasteiger partial charge in [0.15, 0.2) is 0 Å². The van der Waals surface area contributed by atoms with Crippen LogP contribution >= 0.6 is 0 Å². The summed E-state index contributed by atoms with van der Waals surface area (Å²) in [7, 11) is 0. The third-order valence-corrected chi connectivity index (χ3v) is 0.865. The van der Waals surface area contributed by atoms with Gasteiger partial charge in [-0.3, -0.25) is 4.79 Å². The van der Waals surface area contributed by atoms with Gasteiger partial charge in [0.2, 0.25) is 5.78 Å². The third kappa shape index (κ3) is 4.53. The van der Waals surface area contributed by atoms with Crippen molar-refractivity contribution in [3.05, 3.63) is 0 Å². The van der Waals surface area contributed by atoms with E-state index in [0.29, 0.717) is 0 Å². The number of ether oxygens (including phenoxy) is 1. The maximum Gasteiger partial charge on any atom is 0.374 e. The van der Waals surface area contributed by atoms with E-state index in [9.17, 15) is 9.59 Å². The topological polar surface area (TPSA) is 43.4 Å². The highest BCUT2D eigenvalue weighted by molar-refractivity contribution is 6.33. The molecular weight excluding hydrogens is 144 g/mol. The van der Waals surface area contributed by atoms with Crippen molar-refractivity contribution in [2.75, 3.05) is 0 Å². The average Bonchev–Trinajstić information content (AvgIpc) is 2.01. The van der Waals surface area contributed by atoms with Crippen molar-refractivity contribution in [2.45, 2.75) is 39.7 Å². The number of rotatable bonds is 4. The van der Waals surface area contributed by atoms with Gasteiger partial charge in [0, 0.05) is 9.11 Å². The molecule has 0 aliphatic carbocycles. The summed E-state index contributed by atoms with van der Waals surface area (Å²) in [6.07, 6.45) is -2.53. The fourth-order valence-electron chi connectivity index (χ4n) is 0.500. The summed E-state index contributed by atoms with van der Waals surface area (Å²) in [4.78, 5) is 22.0. The molecule has 0 aromatic heterocycles. The molecule has 0 rings (SSSR count). The van der Waals surface area contributed by atoms with Crippen LogP contribution in [-0.2, 0) is 14.3 Å². The normalized spacial score (nSPS) is 13.8. The quantitative estimate of drug-likeness (QED) is 0.460.